The molecular formula is C17H13ClN3O4S-. The van der Waals surface area contributed by atoms with Crippen molar-refractivity contribution in [3.8, 4) is 17.1 Å². The van der Waals surface area contributed by atoms with Gasteiger partial charge < -0.3 is 19.1 Å². The maximum absolute atomic E-state index is 11.4. The fraction of sp³-hybridized carbons (Fsp3) is 0.118. The molecule has 0 aliphatic carbocycles. The summed E-state index contributed by atoms with van der Waals surface area (Å²) in [6, 6.07) is 8.48. The highest BCUT2D eigenvalue weighted by Crippen LogP contribution is 2.32. The molecule has 134 valence electrons. The number of ether oxygens (including phenoxy) is 1. The summed E-state index contributed by atoms with van der Waals surface area (Å²) in [7, 11) is 1.53. The maximum atomic E-state index is 11.4. The molecule has 0 atom stereocenters. The van der Waals surface area contributed by atoms with Gasteiger partial charge in [0.05, 0.1) is 18.6 Å². The van der Waals surface area contributed by atoms with E-state index in [9.17, 15) is 9.90 Å². The van der Waals surface area contributed by atoms with Crippen LogP contribution in [0.4, 0.5) is 0 Å². The lowest BCUT2D eigenvalue weighted by Crippen LogP contribution is -2.23. The number of aromatic amines is 1. The van der Waals surface area contributed by atoms with Crippen molar-refractivity contribution < 1.29 is 19.1 Å². The van der Waals surface area contributed by atoms with E-state index in [2.05, 4.69) is 15.2 Å². The third kappa shape index (κ3) is 4.09. The summed E-state index contributed by atoms with van der Waals surface area (Å²) in [6.07, 6.45) is 1.36. The number of thioether (sulfide) groups is 1. The second-order valence-electron chi connectivity index (χ2n) is 5.16. The third-order valence-corrected chi connectivity index (χ3v) is 4.42. The van der Waals surface area contributed by atoms with Crippen LogP contribution >= 0.6 is 23.4 Å². The second kappa shape index (κ2) is 7.67. The highest BCUT2D eigenvalue weighted by Gasteiger charge is 2.14. The Morgan fingerprint density at radius 2 is 2.19 bits per heavy atom. The largest absolute Gasteiger partial charge is 0.544 e. The average molecular weight is 391 g/mol. The Balaban J connectivity index is 1.88. The van der Waals surface area contributed by atoms with E-state index in [0.717, 1.165) is 11.8 Å². The maximum Gasteiger partial charge on any atom is 0.213 e. The number of halogens is 1. The molecule has 0 radical (unpaired) electrons. The standard InChI is InChI=1S/C17H14ClN3O4S/c1-9-3-5-11(25-9)8-14(16(22)23)26-17-19-15(20-21-17)12-7-10(18)4-6-13(12)24-2/h3-8H,1-2H3,(H,22,23)(H,19,20,21)/p-1/b14-8-. The molecule has 2 heterocycles. The van der Waals surface area contributed by atoms with E-state index in [1.54, 1.807) is 37.3 Å². The number of hydrogen-bond acceptors (Lipinski definition) is 7. The molecule has 0 spiro atoms. The Labute approximate surface area is 158 Å². The summed E-state index contributed by atoms with van der Waals surface area (Å²) >= 11 is 6.87. The molecule has 0 saturated carbocycles. The Hall–Kier alpha value is -2.71. The van der Waals surface area contributed by atoms with Crippen LogP contribution in [0.2, 0.25) is 5.02 Å². The van der Waals surface area contributed by atoms with Crippen molar-refractivity contribution in [2.24, 2.45) is 0 Å². The first-order chi connectivity index (χ1) is 12.5. The van der Waals surface area contributed by atoms with Crippen LogP contribution in [0.5, 0.6) is 5.75 Å². The van der Waals surface area contributed by atoms with Gasteiger partial charge in [0.2, 0.25) is 5.16 Å². The van der Waals surface area contributed by atoms with Crippen molar-refractivity contribution in [1.82, 2.24) is 15.2 Å². The molecule has 1 aromatic carbocycles. The van der Waals surface area contributed by atoms with Crippen LogP contribution in [0.3, 0.4) is 0 Å². The van der Waals surface area contributed by atoms with Crippen LogP contribution in [0, 0.1) is 6.92 Å². The summed E-state index contributed by atoms with van der Waals surface area (Å²) in [4.78, 5) is 15.6. The van der Waals surface area contributed by atoms with Crippen LogP contribution < -0.4 is 9.84 Å². The monoisotopic (exact) mass is 390 g/mol. The van der Waals surface area contributed by atoms with Crippen molar-refractivity contribution >= 4 is 35.4 Å². The van der Waals surface area contributed by atoms with Crippen LogP contribution in [-0.4, -0.2) is 28.3 Å². The van der Waals surface area contributed by atoms with Crippen LogP contribution in [0.25, 0.3) is 17.5 Å². The first kappa shape index (κ1) is 18.1. The van der Waals surface area contributed by atoms with Gasteiger partial charge in [-0.25, -0.2) is 4.98 Å². The number of carboxylic acid groups (broad SMARTS) is 1. The lowest BCUT2D eigenvalue weighted by Gasteiger charge is -2.06. The van der Waals surface area contributed by atoms with E-state index in [4.69, 9.17) is 20.8 Å². The third-order valence-electron chi connectivity index (χ3n) is 3.32. The molecule has 1 N–H and O–H groups in total. The number of H-pyrrole nitrogens is 1. The van der Waals surface area contributed by atoms with Crippen molar-refractivity contribution in [2.75, 3.05) is 7.11 Å². The quantitative estimate of drug-likeness (QED) is 0.509. The summed E-state index contributed by atoms with van der Waals surface area (Å²) in [6.45, 7) is 1.77. The van der Waals surface area contributed by atoms with E-state index in [-0.39, 0.29) is 10.1 Å². The van der Waals surface area contributed by atoms with E-state index >= 15 is 0 Å². The van der Waals surface area contributed by atoms with Crippen LogP contribution in [-0.2, 0) is 4.79 Å². The number of nitrogens with one attached hydrogen (secondary N) is 1. The van der Waals surface area contributed by atoms with Gasteiger partial charge >= 0.3 is 0 Å². The number of carbonyl (C=O) groups is 1. The summed E-state index contributed by atoms with van der Waals surface area (Å²) < 4.78 is 10.6. The van der Waals surface area contributed by atoms with Gasteiger partial charge in [-0.3, -0.25) is 5.10 Å². The number of carboxylic acids is 1. The van der Waals surface area contributed by atoms with Gasteiger partial charge in [0.15, 0.2) is 5.82 Å². The molecule has 0 fully saturated rings. The minimum atomic E-state index is -1.35. The van der Waals surface area contributed by atoms with Gasteiger partial charge in [0.25, 0.3) is 0 Å². The molecule has 3 rings (SSSR count). The van der Waals surface area contributed by atoms with Crippen LogP contribution in [0.15, 0.2) is 44.8 Å². The average Bonchev–Trinajstić information content (AvgIpc) is 3.23. The van der Waals surface area contributed by atoms with E-state index in [0.29, 0.717) is 33.7 Å². The highest BCUT2D eigenvalue weighted by atomic mass is 35.5. The summed E-state index contributed by atoms with van der Waals surface area (Å²) in [5.41, 5.74) is 0.611. The number of hydrogen-bond donors (Lipinski definition) is 1. The van der Waals surface area contributed by atoms with Gasteiger partial charge in [-0.1, -0.05) is 11.6 Å². The Morgan fingerprint density at radius 3 is 2.85 bits per heavy atom. The lowest BCUT2D eigenvalue weighted by atomic mass is 10.2. The zero-order valence-corrected chi connectivity index (χ0v) is 15.4. The number of carbonyl (C=O) groups excluding carboxylic acids is 1. The molecule has 0 aliphatic rings. The normalized spacial score (nSPS) is 11.6. The lowest BCUT2D eigenvalue weighted by molar-refractivity contribution is -0.298. The zero-order chi connectivity index (χ0) is 18.7. The number of aliphatic carboxylic acids is 1. The molecule has 0 bridgehead atoms. The topological polar surface area (TPSA) is 104 Å². The molecule has 0 amide bonds. The number of nitrogens with zero attached hydrogens (tertiary/aromatic N) is 2. The molecular weight excluding hydrogens is 378 g/mol. The molecule has 0 aliphatic heterocycles. The van der Waals surface area contributed by atoms with Gasteiger partial charge in [-0.05, 0) is 55.1 Å². The number of aromatic nitrogens is 3. The van der Waals surface area contributed by atoms with Crippen LogP contribution in [0.1, 0.15) is 11.5 Å². The number of furan rings is 1. The molecule has 0 unspecified atom stereocenters. The first-order valence-electron chi connectivity index (χ1n) is 7.40. The predicted molar refractivity (Wildman–Crippen MR) is 95.7 cm³/mol. The van der Waals surface area contributed by atoms with Gasteiger partial charge in [-0.15, -0.1) is 5.10 Å². The van der Waals surface area contributed by atoms with E-state index in [1.165, 1.54) is 13.2 Å². The SMILES string of the molecule is COc1ccc(Cl)cc1-c1nc(S/C(=C\c2ccc(C)o2)C(=O)[O-])n[nH]1. The van der Waals surface area contributed by atoms with E-state index in [1.807, 2.05) is 0 Å². The molecule has 7 nitrogen and oxygen atoms in total. The summed E-state index contributed by atoms with van der Waals surface area (Å²) in [5, 5.41) is 18.9. The molecule has 0 saturated heterocycles. The van der Waals surface area contributed by atoms with Crippen molar-refractivity contribution in [1.29, 1.82) is 0 Å². The molecule has 3 aromatic rings. The molecule has 2 aromatic heterocycles. The van der Waals surface area contributed by atoms with Crippen molar-refractivity contribution in [3.05, 3.63) is 51.8 Å². The first-order valence-corrected chi connectivity index (χ1v) is 8.59. The number of methoxy groups -OCH3 is 1. The minimum Gasteiger partial charge on any atom is -0.544 e. The number of benzene rings is 1. The fourth-order valence-electron chi connectivity index (χ4n) is 2.17. The molecule has 26 heavy (non-hydrogen) atoms. The molecule has 9 heteroatoms. The highest BCUT2D eigenvalue weighted by molar-refractivity contribution is 8.04. The zero-order valence-electron chi connectivity index (χ0n) is 13.8. The predicted octanol–water partition coefficient (Wildman–Crippen LogP) is 2.92. The van der Waals surface area contributed by atoms with Gasteiger partial charge in [0.1, 0.15) is 17.3 Å². The Morgan fingerprint density at radius 1 is 1.38 bits per heavy atom. The minimum absolute atomic E-state index is 0.0806. The van der Waals surface area contributed by atoms with Crippen molar-refractivity contribution in [2.45, 2.75) is 12.1 Å². The Kier molecular flexibility index (Phi) is 5.34. The van der Waals surface area contributed by atoms with E-state index < -0.39 is 5.97 Å². The van der Waals surface area contributed by atoms with Gasteiger partial charge in [0, 0.05) is 9.93 Å². The smallest absolute Gasteiger partial charge is 0.213 e. The number of rotatable bonds is 6. The van der Waals surface area contributed by atoms with Gasteiger partial charge in [-0.2, -0.15) is 0 Å². The fourth-order valence-corrected chi connectivity index (χ4v) is 3.02. The Bertz CT molecular complexity index is 980. The second-order valence-corrected chi connectivity index (χ2v) is 6.60. The summed E-state index contributed by atoms with van der Waals surface area (Å²) in [5.74, 6) is 0.687. The van der Waals surface area contributed by atoms with Crippen molar-refractivity contribution in [3.63, 3.8) is 0 Å². The number of aryl methyl sites for hydroxylation is 1.